The fourth-order valence-electron chi connectivity index (χ4n) is 2.04. The second kappa shape index (κ2) is 7.80. The lowest BCUT2D eigenvalue weighted by molar-refractivity contribution is 0.0914. The third-order valence-corrected chi connectivity index (χ3v) is 3.63. The van der Waals surface area contributed by atoms with Crippen molar-refractivity contribution in [2.75, 3.05) is 20.3 Å². The molecular weight excluding hydrogens is 246 g/mol. The van der Waals surface area contributed by atoms with Gasteiger partial charge in [0, 0.05) is 6.61 Å². The van der Waals surface area contributed by atoms with E-state index in [-0.39, 0.29) is 6.04 Å². The number of ether oxygens (including phenoxy) is 1. The Labute approximate surface area is 124 Å². The number of likely N-dealkylation sites (N-methyl/N-ethyl adjacent to an activating group) is 1. The van der Waals surface area contributed by atoms with E-state index in [1.165, 1.54) is 11.1 Å². The Bertz CT molecular complexity index is 375. The molecule has 0 aromatic heterocycles. The molecule has 0 aliphatic rings. The van der Waals surface area contributed by atoms with Gasteiger partial charge in [0.2, 0.25) is 0 Å². The van der Waals surface area contributed by atoms with Gasteiger partial charge < -0.3 is 10.1 Å². The zero-order valence-electron chi connectivity index (χ0n) is 14.0. The van der Waals surface area contributed by atoms with E-state index >= 15 is 0 Å². The van der Waals surface area contributed by atoms with Gasteiger partial charge in [0.25, 0.3) is 0 Å². The molecule has 1 aromatic carbocycles. The molecule has 0 aliphatic heterocycles. The van der Waals surface area contributed by atoms with E-state index in [0.717, 1.165) is 19.6 Å². The highest BCUT2D eigenvalue weighted by molar-refractivity contribution is 5.26. The third-order valence-electron chi connectivity index (χ3n) is 3.63. The summed E-state index contributed by atoms with van der Waals surface area (Å²) in [5.41, 5.74) is 3.03. The molecule has 0 fully saturated rings. The Kier molecular flexibility index (Phi) is 6.70. The SMILES string of the molecule is CNC(COCCC(C)(C)C)c1ccc(C(C)C)cc1. The lowest BCUT2D eigenvalue weighted by Gasteiger charge is -2.21. The summed E-state index contributed by atoms with van der Waals surface area (Å²) < 4.78 is 5.83. The highest BCUT2D eigenvalue weighted by atomic mass is 16.5. The molecule has 1 atom stereocenters. The van der Waals surface area contributed by atoms with Crippen molar-refractivity contribution in [3.8, 4) is 0 Å². The van der Waals surface area contributed by atoms with Crippen LogP contribution in [-0.4, -0.2) is 20.3 Å². The second-order valence-electron chi connectivity index (χ2n) is 7.05. The van der Waals surface area contributed by atoms with E-state index < -0.39 is 0 Å². The zero-order chi connectivity index (χ0) is 15.2. The largest absolute Gasteiger partial charge is 0.379 e. The maximum atomic E-state index is 5.83. The van der Waals surface area contributed by atoms with E-state index in [1.54, 1.807) is 0 Å². The molecule has 0 spiro atoms. The van der Waals surface area contributed by atoms with Crippen LogP contribution in [0.3, 0.4) is 0 Å². The van der Waals surface area contributed by atoms with E-state index in [9.17, 15) is 0 Å². The minimum absolute atomic E-state index is 0.274. The number of rotatable bonds is 7. The van der Waals surface area contributed by atoms with E-state index in [0.29, 0.717) is 11.3 Å². The lowest BCUT2D eigenvalue weighted by Crippen LogP contribution is -2.23. The van der Waals surface area contributed by atoms with Gasteiger partial charge in [0.05, 0.1) is 12.6 Å². The highest BCUT2D eigenvalue weighted by Gasteiger charge is 2.12. The fraction of sp³-hybridized carbons (Fsp3) is 0.667. The van der Waals surface area contributed by atoms with Crippen LogP contribution in [-0.2, 0) is 4.74 Å². The van der Waals surface area contributed by atoms with Crippen LogP contribution in [0.5, 0.6) is 0 Å². The van der Waals surface area contributed by atoms with E-state index in [2.05, 4.69) is 64.2 Å². The van der Waals surface area contributed by atoms with Gasteiger partial charge in [0.15, 0.2) is 0 Å². The first-order valence-electron chi connectivity index (χ1n) is 7.68. The Morgan fingerprint density at radius 1 is 1.05 bits per heavy atom. The Morgan fingerprint density at radius 2 is 1.60 bits per heavy atom. The van der Waals surface area contributed by atoms with Gasteiger partial charge in [0.1, 0.15) is 0 Å². The van der Waals surface area contributed by atoms with Crippen LogP contribution in [0.25, 0.3) is 0 Å². The molecule has 1 rings (SSSR count). The first-order valence-corrected chi connectivity index (χ1v) is 7.68. The molecule has 1 unspecified atom stereocenters. The molecule has 0 bridgehead atoms. The summed E-state index contributed by atoms with van der Waals surface area (Å²) in [7, 11) is 1.99. The third kappa shape index (κ3) is 6.06. The number of benzene rings is 1. The molecule has 0 heterocycles. The van der Waals surface area contributed by atoms with Crippen molar-refractivity contribution in [2.24, 2.45) is 5.41 Å². The maximum Gasteiger partial charge on any atom is 0.0661 e. The summed E-state index contributed by atoms with van der Waals surface area (Å²) in [5.74, 6) is 0.583. The topological polar surface area (TPSA) is 21.3 Å². The molecule has 20 heavy (non-hydrogen) atoms. The van der Waals surface area contributed by atoms with Gasteiger partial charge in [-0.2, -0.15) is 0 Å². The second-order valence-corrected chi connectivity index (χ2v) is 7.05. The highest BCUT2D eigenvalue weighted by Crippen LogP contribution is 2.20. The first kappa shape index (κ1) is 17.2. The summed E-state index contributed by atoms with van der Waals surface area (Å²) in [4.78, 5) is 0. The predicted octanol–water partition coefficient (Wildman–Crippen LogP) is 4.52. The van der Waals surface area contributed by atoms with Crippen LogP contribution in [0.4, 0.5) is 0 Å². The average molecular weight is 277 g/mol. The van der Waals surface area contributed by atoms with E-state index in [4.69, 9.17) is 4.74 Å². The minimum atomic E-state index is 0.274. The zero-order valence-corrected chi connectivity index (χ0v) is 14.0. The molecule has 114 valence electrons. The summed E-state index contributed by atoms with van der Waals surface area (Å²) >= 11 is 0. The molecule has 1 aromatic rings. The smallest absolute Gasteiger partial charge is 0.0661 e. The molecule has 0 radical (unpaired) electrons. The molecule has 2 nitrogen and oxygen atoms in total. The molecule has 0 saturated carbocycles. The summed E-state index contributed by atoms with van der Waals surface area (Å²) in [6, 6.07) is 9.14. The van der Waals surface area contributed by atoms with Crippen molar-refractivity contribution in [3.05, 3.63) is 35.4 Å². The van der Waals surface area contributed by atoms with Crippen LogP contribution in [0.2, 0.25) is 0 Å². The van der Waals surface area contributed by atoms with Gasteiger partial charge >= 0.3 is 0 Å². The standard InChI is InChI=1S/C18H31NO/c1-14(2)15-7-9-16(10-8-15)17(19-6)13-20-12-11-18(3,4)5/h7-10,14,17,19H,11-13H2,1-6H3. The quantitative estimate of drug-likeness (QED) is 0.740. The van der Waals surface area contributed by atoms with Crippen molar-refractivity contribution in [1.82, 2.24) is 5.32 Å². The lowest BCUT2D eigenvalue weighted by atomic mass is 9.93. The van der Waals surface area contributed by atoms with Gasteiger partial charge in [-0.05, 0) is 35.9 Å². The van der Waals surface area contributed by atoms with Crippen molar-refractivity contribution in [2.45, 2.75) is 53.0 Å². The Balaban J connectivity index is 2.49. The predicted molar refractivity (Wildman–Crippen MR) is 87.2 cm³/mol. The number of hydrogen-bond donors (Lipinski definition) is 1. The van der Waals surface area contributed by atoms with Crippen molar-refractivity contribution in [3.63, 3.8) is 0 Å². The van der Waals surface area contributed by atoms with Gasteiger partial charge in [-0.3, -0.25) is 0 Å². The van der Waals surface area contributed by atoms with Gasteiger partial charge in [-0.15, -0.1) is 0 Å². The van der Waals surface area contributed by atoms with Crippen LogP contribution in [0.15, 0.2) is 24.3 Å². The molecule has 1 N–H and O–H groups in total. The van der Waals surface area contributed by atoms with Crippen molar-refractivity contribution < 1.29 is 4.74 Å². The first-order chi connectivity index (χ1) is 9.33. The molecule has 2 heteroatoms. The maximum absolute atomic E-state index is 5.83. The van der Waals surface area contributed by atoms with Crippen molar-refractivity contribution >= 4 is 0 Å². The van der Waals surface area contributed by atoms with Crippen LogP contribution in [0.1, 0.15) is 64.1 Å². The van der Waals surface area contributed by atoms with Crippen molar-refractivity contribution in [1.29, 1.82) is 0 Å². The molecule has 0 aliphatic carbocycles. The molecule has 0 saturated heterocycles. The normalized spacial score (nSPS) is 13.8. The minimum Gasteiger partial charge on any atom is -0.379 e. The van der Waals surface area contributed by atoms with Gasteiger partial charge in [-0.1, -0.05) is 58.9 Å². The van der Waals surface area contributed by atoms with E-state index in [1.807, 2.05) is 7.05 Å². The molecule has 0 amide bonds. The van der Waals surface area contributed by atoms with Gasteiger partial charge in [-0.25, -0.2) is 0 Å². The summed E-state index contributed by atoms with van der Waals surface area (Å²) in [6.45, 7) is 12.7. The Morgan fingerprint density at radius 3 is 2.05 bits per heavy atom. The van der Waals surface area contributed by atoms with Crippen LogP contribution in [0, 0.1) is 5.41 Å². The average Bonchev–Trinajstić information content (AvgIpc) is 2.38. The number of hydrogen-bond acceptors (Lipinski definition) is 2. The number of nitrogens with one attached hydrogen (secondary N) is 1. The van der Waals surface area contributed by atoms with Crippen LogP contribution < -0.4 is 5.32 Å². The Hall–Kier alpha value is -0.860. The monoisotopic (exact) mass is 277 g/mol. The fourth-order valence-corrected chi connectivity index (χ4v) is 2.04. The summed E-state index contributed by atoms with van der Waals surface area (Å²) in [5, 5.41) is 3.34. The molecular formula is C18H31NO. The summed E-state index contributed by atoms with van der Waals surface area (Å²) in [6.07, 6.45) is 1.09. The van der Waals surface area contributed by atoms with Crippen LogP contribution >= 0.6 is 0 Å².